The molecule has 0 spiro atoms. The van der Waals surface area contributed by atoms with Crippen LogP contribution >= 0.6 is 12.4 Å². The van der Waals surface area contributed by atoms with E-state index in [1.54, 1.807) is 0 Å². The minimum atomic E-state index is -4.82. The summed E-state index contributed by atoms with van der Waals surface area (Å²) in [7, 11) is 0. The molecule has 2 N–H and O–H groups in total. The van der Waals surface area contributed by atoms with Gasteiger partial charge in [0.2, 0.25) is 0 Å². The number of halogens is 5. The van der Waals surface area contributed by atoms with Gasteiger partial charge in [-0.15, -0.1) is 12.4 Å². The zero-order valence-corrected chi connectivity index (χ0v) is 13.2. The fourth-order valence-corrected chi connectivity index (χ4v) is 2.81. The number of amides is 1. The molecule has 1 amide bonds. The standard InChI is InChI=1S/C15H18F4N2O.ClH/c16-13-11(4-1-5-12(13)15(17,18)19)14(22)21-8-2-3-10(9-21)6-7-20;/h1,4-5,10H,2-3,6-9,20H2;1H. The normalized spacial score (nSPS) is 18.5. The first-order valence-corrected chi connectivity index (χ1v) is 7.19. The van der Waals surface area contributed by atoms with E-state index >= 15 is 0 Å². The summed E-state index contributed by atoms with van der Waals surface area (Å²) in [6, 6.07) is 2.79. The van der Waals surface area contributed by atoms with Gasteiger partial charge in [-0.2, -0.15) is 13.2 Å². The van der Waals surface area contributed by atoms with Crippen LogP contribution in [0.25, 0.3) is 0 Å². The molecule has 1 aliphatic rings. The molecule has 1 heterocycles. The number of rotatable bonds is 3. The number of benzene rings is 1. The molecule has 130 valence electrons. The minimum absolute atomic E-state index is 0. The third-order valence-corrected chi connectivity index (χ3v) is 3.92. The van der Waals surface area contributed by atoms with E-state index in [-0.39, 0.29) is 18.3 Å². The van der Waals surface area contributed by atoms with Crippen molar-refractivity contribution in [3.63, 3.8) is 0 Å². The Morgan fingerprint density at radius 2 is 2.04 bits per heavy atom. The third-order valence-electron chi connectivity index (χ3n) is 3.92. The average Bonchev–Trinajstić information content (AvgIpc) is 2.46. The van der Waals surface area contributed by atoms with Gasteiger partial charge in [-0.25, -0.2) is 4.39 Å². The van der Waals surface area contributed by atoms with Gasteiger partial charge in [0.15, 0.2) is 0 Å². The van der Waals surface area contributed by atoms with Crippen LogP contribution in [0, 0.1) is 11.7 Å². The van der Waals surface area contributed by atoms with Gasteiger partial charge in [-0.3, -0.25) is 4.79 Å². The zero-order chi connectivity index (χ0) is 16.3. The maximum absolute atomic E-state index is 14.0. The molecule has 0 bridgehead atoms. The van der Waals surface area contributed by atoms with Crippen LogP contribution < -0.4 is 5.73 Å². The first-order chi connectivity index (χ1) is 10.3. The molecule has 1 saturated heterocycles. The summed E-state index contributed by atoms with van der Waals surface area (Å²) >= 11 is 0. The smallest absolute Gasteiger partial charge is 0.338 e. The Hall–Kier alpha value is -1.34. The molecule has 1 unspecified atom stereocenters. The number of likely N-dealkylation sites (tertiary alicyclic amines) is 1. The van der Waals surface area contributed by atoms with Crippen LogP contribution in [0.15, 0.2) is 18.2 Å². The number of hydrogen-bond acceptors (Lipinski definition) is 2. The zero-order valence-electron chi connectivity index (χ0n) is 12.4. The number of carbonyl (C=O) groups is 1. The number of nitrogens with two attached hydrogens (primary N) is 1. The maximum Gasteiger partial charge on any atom is 0.419 e. The lowest BCUT2D eigenvalue weighted by atomic mass is 9.94. The molecule has 1 aliphatic heterocycles. The Morgan fingerprint density at radius 1 is 1.35 bits per heavy atom. The molecule has 1 aromatic carbocycles. The molecule has 0 aliphatic carbocycles. The lowest BCUT2D eigenvalue weighted by molar-refractivity contribution is -0.140. The molecule has 2 rings (SSSR count). The number of carbonyl (C=O) groups excluding carboxylic acids is 1. The monoisotopic (exact) mass is 354 g/mol. The molecule has 0 aromatic heterocycles. The first-order valence-electron chi connectivity index (χ1n) is 7.19. The lowest BCUT2D eigenvalue weighted by Crippen LogP contribution is -2.41. The predicted molar refractivity (Wildman–Crippen MR) is 80.9 cm³/mol. The predicted octanol–water partition coefficient (Wildman–Crippen LogP) is 3.47. The topological polar surface area (TPSA) is 46.3 Å². The van der Waals surface area contributed by atoms with Gasteiger partial charge in [-0.05, 0) is 43.9 Å². The van der Waals surface area contributed by atoms with E-state index in [1.807, 2.05) is 0 Å². The first kappa shape index (κ1) is 19.7. The van der Waals surface area contributed by atoms with Crippen LogP contribution in [-0.4, -0.2) is 30.4 Å². The largest absolute Gasteiger partial charge is 0.419 e. The van der Waals surface area contributed by atoms with Crippen LogP contribution in [0.5, 0.6) is 0 Å². The Kier molecular flexibility index (Phi) is 6.83. The van der Waals surface area contributed by atoms with Crippen LogP contribution in [0.4, 0.5) is 17.6 Å². The summed E-state index contributed by atoms with van der Waals surface area (Å²) in [5.74, 6) is -1.97. The SMILES string of the molecule is Cl.NCCC1CCCN(C(=O)c2cccc(C(F)(F)F)c2F)C1. The molecular formula is C15H19ClF4N2O. The van der Waals surface area contributed by atoms with Crippen molar-refractivity contribution in [2.75, 3.05) is 19.6 Å². The fraction of sp³-hybridized carbons (Fsp3) is 0.533. The van der Waals surface area contributed by atoms with Gasteiger partial charge in [0.1, 0.15) is 5.82 Å². The highest BCUT2D eigenvalue weighted by Gasteiger charge is 2.36. The van der Waals surface area contributed by atoms with Crippen molar-refractivity contribution in [1.82, 2.24) is 4.90 Å². The summed E-state index contributed by atoms with van der Waals surface area (Å²) < 4.78 is 52.2. The van der Waals surface area contributed by atoms with Gasteiger partial charge < -0.3 is 10.6 Å². The van der Waals surface area contributed by atoms with Gasteiger partial charge in [-0.1, -0.05) is 6.07 Å². The van der Waals surface area contributed by atoms with E-state index in [0.29, 0.717) is 25.7 Å². The maximum atomic E-state index is 14.0. The van der Waals surface area contributed by atoms with Gasteiger partial charge in [0, 0.05) is 13.1 Å². The van der Waals surface area contributed by atoms with Gasteiger partial charge in [0.25, 0.3) is 5.91 Å². The van der Waals surface area contributed by atoms with Crippen molar-refractivity contribution in [2.24, 2.45) is 11.7 Å². The van der Waals surface area contributed by atoms with Crippen molar-refractivity contribution < 1.29 is 22.4 Å². The van der Waals surface area contributed by atoms with E-state index in [4.69, 9.17) is 5.73 Å². The second kappa shape index (κ2) is 7.97. The lowest BCUT2D eigenvalue weighted by Gasteiger charge is -2.33. The van der Waals surface area contributed by atoms with Crippen molar-refractivity contribution in [3.8, 4) is 0 Å². The summed E-state index contributed by atoms with van der Waals surface area (Å²) in [4.78, 5) is 13.8. The Balaban J connectivity index is 0.00000264. The van der Waals surface area contributed by atoms with E-state index in [1.165, 1.54) is 4.90 Å². The van der Waals surface area contributed by atoms with Crippen molar-refractivity contribution >= 4 is 18.3 Å². The Labute approximate surface area is 138 Å². The minimum Gasteiger partial charge on any atom is -0.338 e. The number of nitrogens with zero attached hydrogens (tertiary/aromatic N) is 1. The second-order valence-corrected chi connectivity index (χ2v) is 5.50. The highest BCUT2D eigenvalue weighted by atomic mass is 35.5. The second-order valence-electron chi connectivity index (χ2n) is 5.50. The molecule has 3 nitrogen and oxygen atoms in total. The average molecular weight is 355 g/mol. The van der Waals surface area contributed by atoms with E-state index in [2.05, 4.69) is 0 Å². The summed E-state index contributed by atoms with van der Waals surface area (Å²) in [6.07, 6.45) is -2.40. The van der Waals surface area contributed by atoms with Crippen LogP contribution in [0.1, 0.15) is 35.2 Å². The Bertz CT molecular complexity index is 549. The van der Waals surface area contributed by atoms with Crippen molar-refractivity contribution in [2.45, 2.75) is 25.4 Å². The molecule has 0 saturated carbocycles. The van der Waals surface area contributed by atoms with Gasteiger partial charge in [0.05, 0.1) is 11.1 Å². The summed E-state index contributed by atoms with van der Waals surface area (Å²) in [6.45, 7) is 1.33. The van der Waals surface area contributed by atoms with Crippen LogP contribution in [-0.2, 0) is 6.18 Å². The molecule has 1 fully saturated rings. The van der Waals surface area contributed by atoms with Gasteiger partial charge >= 0.3 is 6.18 Å². The molecule has 0 radical (unpaired) electrons. The summed E-state index contributed by atoms with van der Waals surface area (Å²) in [5.41, 5.74) is 3.56. The van der Waals surface area contributed by atoms with Crippen LogP contribution in [0.3, 0.4) is 0 Å². The Morgan fingerprint density at radius 3 is 2.65 bits per heavy atom. The fourth-order valence-electron chi connectivity index (χ4n) is 2.81. The molecular weight excluding hydrogens is 336 g/mol. The van der Waals surface area contributed by atoms with Crippen molar-refractivity contribution in [3.05, 3.63) is 35.1 Å². The van der Waals surface area contributed by atoms with E-state index in [9.17, 15) is 22.4 Å². The molecule has 23 heavy (non-hydrogen) atoms. The number of piperidine rings is 1. The number of hydrogen-bond donors (Lipinski definition) is 1. The quantitative estimate of drug-likeness (QED) is 0.845. The summed E-state index contributed by atoms with van der Waals surface area (Å²) in [5, 5.41) is 0. The van der Waals surface area contributed by atoms with Crippen LogP contribution in [0.2, 0.25) is 0 Å². The van der Waals surface area contributed by atoms with E-state index in [0.717, 1.165) is 31.4 Å². The molecule has 8 heteroatoms. The van der Waals surface area contributed by atoms with Crippen molar-refractivity contribution in [1.29, 1.82) is 0 Å². The third kappa shape index (κ3) is 4.57. The highest BCUT2D eigenvalue weighted by molar-refractivity contribution is 5.94. The molecule has 1 atom stereocenters. The molecule has 1 aromatic rings. The highest BCUT2D eigenvalue weighted by Crippen LogP contribution is 2.33. The van der Waals surface area contributed by atoms with E-state index < -0.39 is 29.0 Å². The number of alkyl halides is 3.